The van der Waals surface area contributed by atoms with E-state index in [0.29, 0.717) is 5.92 Å². The molecule has 0 saturated heterocycles. The first-order chi connectivity index (χ1) is 8.02. The van der Waals surface area contributed by atoms with Crippen LogP contribution in [-0.4, -0.2) is 22.9 Å². The Morgan fingerprint density at radius 2 is 2.24 bits per heavy atom. The van der Waals surface area contributed by atoms with E-state index >= 15 is 0 Å². The molecule has 2 atom stereocenters. The molecule has 6 heteroatoms. The van der Waals surface area contributed by atoms with E-state index in [-0.39, 0.29) is 6.04 Å². The average molecular weight is 247 g/mol. The highest BCUT2D eigenvalue weighted by Gasteiger charge is 2.36. The summed E-state index contributed by atoms with van der Waals surface area (Å²) in [5.74, 6) is 0.399. The third kappa shape index (κ3) is 2.62. The van der Waals surface area contributed by atoms with Crippen LogP contribution in [0.4, 0.5) is 13.2 Å². The fraction of sp³-hybridized carbons (Fsp3) is 0.727. The largest absolute Gasteiger partial charge is 0.419 e. The second-order valence-corrected chi connectivity index (χ2v) is 4.42. The highest BCUT2D eigenvalue weighted by Crippen LogP contribution is 2.39. The molecule has 1 aromatic heterocycles. The van der Waals surface area contributed by atoms with Crippen LogP contribution in [0.15, 0.2) is 12.4 Å². The number of nitrogens with one attached hydrogen (secondary N) is 1. The van der Waals surface area contributed by atoms with Crippen LogP contribution in [0.1, 0.15) is 31.4 Å². The van der Waals surface area contributed by atoms with E-state index in [1.54, 1.807) is 0 Å². The highest BCUT2D eigenvalue weighted by atomic mass is 19.4. The second kappa shape index (κ2) is 4.68. The van der Waals surface area contributed by atoms with Gasteiger partial charge >= 0.3 is 6.18 Å². The van der Waals surface area contributed by atoms with Crippen LogP contribution in [0.2, 0.25) is 0 Å². The summed E-state index contributed by atoms with van der Waals surface area (Å²) < 4.78 is 38.7. The van der Waals surface area contributed by atoms with Crippen LogP contribution < -0.4 is 5.32 Å². The summed E-state index contributed by atoms with van der Waals surface area (Å²) in [7, 11) is 0. The van der Waals surface area contributed by atoms with Crippen molar-refractivity contribution >= 4 is 0 Å². The number of nitrogens with zero attached hydrogens (tertiary/aromatic N) is 2. The van der Waals surface area contributed by atoms with E-state index in [0.717, 1.165) is 38.3 Å². The Kier molecular flexibility index (Phi) is 3.42. The number of hydrogen-bond donors (Lipinski definition) is 1. The molecule has 0 bridgehead atoms. The molecule has 0 amide bonds. The minimum Gasteiger partial charge on any atom is -0.317 e. The van der Waals surface area contributed by atoms with Gasteiger partial charge in [0.15, 0.2) is 0 Å². The first-order valence-corrected chi connectivity index (χ1v) is 5.84. The molecule has 2 rings (SSSR count). The second-order valence-electron chi connectivity index (χ2n) is 4.42. The zero-order valence-corrected chi connectivity index (χ0v) is 9.67. The number of hydrogen-bond acceptors (Lipinski definition) is 2. The van der Waals surface area contributed by atoms with E-state index in [1.807, 2.05) is 6.92 Å². The van der Waals surface area contributed by atoms with E-state index in [2.05, 4.69) is 10.4 Å². The third-order valence-electron chi connectivity index (χ3n) is 3.30. The van der Waals surface area contributed by atoms with Gasteiger partial charge in [0.1, 0.15) is 0 Å². The lowest BCUT2D eigenvalue weighted by atomic mass is 9.79. The van der Waals surface area contributed by atoms with Gasteiger partial charge in [0.2, 0.25) is 0 Å². The van der Waals surface area contributed by atoms with E-state index in [1.165, 1.54) is 4.68 Å². The Hall–Kier alpha value is -1.04. The molecular weight excluding hydrogens is 231 g/mol. The molecular formula is C11H16F3N3. The van der Waals surface area contributed by atoms with Gasteiger partial charge in [-0.15, -0.1) is 0 Å². The van der Waals surface area contributed by atoms with Crippen LogP contribution in [-0.2, 0) is 6.18 Å². The molecule has 1 saturated carbocycles. The van der Waals surface area contributed by atoms with Crippen molar-refractivity contribution < 1.29 is 13.2 Å². The van der Waals surface area contributed by atoms with Gasteiger partial charge in [-0.05, 0) is 31.8 Å². The van der Waals surface area contributed by atoms with Crippen LogP contribution in [0.5, 0.6) is 0 Å². The number of aromatic nitrogens is 2. The molecule has 0 aliphatic heterocycles. The van der Waals surface area contributed by atoms with Crippen molar-refractivity contribution in [2.24, 2.45) is 5.92 Å². The molecule has 2 unspecified atom stereocenters. The number of halogens is 3. The molecule has 3 nitrogen and oxygen atoms in total. The van der Waals surface area contributed by atoms with Gasteiger partial charge in [-0.3, -0.25) is 4.68 Å². The lowest BCUT2D eigenvalue weighted by Gasteiger charge is -2.36. The molecule has 1 fully saturated rings. The first-order valence-electron chi connectivity index (χ1n) is 5.84. The van der Waals surface area contributed by atoms with Crippen molar-refractivity contribution in [2.75, 3.05) is 13.1 Å². The van der Waals surface area contributed by atoms with Gasteiger partial charge in [0.05, 0.1) is 17.8 Å². The minimum atomic E-state index is -4.29. The first kappa shape index (κ1) is 12.4. The SMILES string of the molecule is CCNCC1CCC1n1cc(C(F)(F)F)cn1. The highest BCUT2D eigenvalue weighted by molar-refractivity contribution is 5.09. The quantitative estimate of drug-likeness (QED) is 0.885. The predicted molar refractivity (Wildman–Crippen MR) is 57.5 cm³/mol. The summed E-state index contributed by atoms with van der Waals surface area (Å²) in [5, 5.41) is 7.06. The van der Waals surface area contributed by atoms with Crippen molar-refractivity contribution in [3.63, 3.8) is 0 Å². The maximum absolute atomic E-state index is 12.4. The predicted octanol–water partition coefficient (Wildman–Crippen LogP) is 2.46. The molecule has 96 valence electrons. The maximum Gasteiger partial charge on any atom is 0.419 e. The fourth-order valence-electron chi connectivity index (χ4n) is 2.13. The Morgan fingerprint density at radius 1 is 1.47 bits per heavy atom. The third-order valence-corrected chi connectivity index (χ3v) is 3.30. The monoisotopic (exact) mass is 247 g/mol. The summed E-state index contributed by atoms with van der Waals surface area (Å²) in [6, 6.07) is 0.116. The van der Waals surface area contributed by atoms with Gasteiger partial charge in [-0.1, -0.05) is 6.92 Å². The number of rotatable bonds is 4. The molecule has 1 aromatic rings. The van der Waals surface area contributed by atoms with E-state index in [9.17, 15) is 13.2 Å². The summed E-state index contributed by atoms with van der Waals surface area (Å²) >= 11 is 0. The van der Waals surface area contributed by atoms with Crippen LogP contribution in [0, 0.1) is 5.92 Å². The summed E-state index contributed by atoms with van der Waals surface area (Å²) in [6.45, 7) is 3.75. The molecule has 1 N–H and O–H groups in total. The van der Waals surface area contributed by atoms with E-state index < -0.39 is 11.7 Å². The summed E-state index contributed by atoms with van der Waals surface area (Å²) in [6.07, 6.45) is -0.307. The Labute approximate surface area is 98.0 Å². The van der Waals surface area contributed by atoms with Crippen molar-refractivity contribution in [3.8, 4) is 0 Å². The maximum atomic E-state index is 12.4. The molecule has 0 aromatic carbocycles. The normalized spacial score (nSPS) is 24.7. The van der Waals surface area contributed by atoms with E-state index in [4.69, 9.17) is 0 Å². The molecule has 1 heterocycles. The minimum absolute atomic E-state index is 0.116. The van der Waals surface area contributed by atoms with Gasteiger partial charge in [-0.25, -0.2) is 0 Å². The van der Waals surface area contributed by atoms with Gasteiger partial charge < -0.3 is 5.32 Å². The lowest BCUT2D eigenvalue weighted by molar-refractivity contribution is -0.137. The fourth-order valence-corrected chi connectivity index (χ4v) is 2.13. The molecule has 0 spiro atoms. The molecule has 0 radical (unpaired) electrons. The lowest BCUT2D eigenvalue weighted by Crippen LogP contribution is -2.37. The van der Waals surface area contributed by atoms with Crippen LogP contribution in [0.3, 0.4) is 0 Å². The van der Waals surface area contributed by atoms with Crippen LogP contribution >= 0.6 is 0 Å². The Balaban J connectivity index is 2.01. The standard InChI is InChI=1S/C11H16F3N3/c1-2-15-5-8-3-4-10(8)17-7-9(6-16-17)11(12,13)14/h6-8,10,15H,2-5H2,1H3. The zero-order chi connectivity index (χ0) is 12.5. The van der Waals surface area contributed by atoms with Crippen molar-refractivity contribution in [1.82, 2.24) is 15.1 Å². The topological polar surface area (TPSA) is 29.9 Å². The molecule has 1 aliphatic carbocycles. The summed E-state index contributed by atoms with van der Waals surface area (Å²) in [5.41, 5.74) is -0.661. The number of alkyl halides is 3. The van der Waals surface area contributed by atoms with Crippen molar-refractivity contribution in [2.45, 2.75) is 32.0 Å². The Bertz CT molecular complexity index is 372. The Morgan fingerprint density at radius 3 is 2.71 bits per heavy atom. The smallest absolute Gasteiger partial charge is 0.317 e. The van der Waals surface area contributed by atoms with Crippen molar-refractivity contribution in [3.05, 3.63) is 18.0 Å². The van der Waals surface area contributed by atoms with Gasteiger partial charge in [0.25, 0.3) is 0 Å². The van der Waals surface area contributed by atoms with Gasteiger partial charge in [0, 0.05) is 6.20 Å². The zero-order valence-electron chi connectivity index (χ0n) is 9.67. The average Bonchev–Trinajstić information content (AvgIpc) is 2.65. The summed E-state index contributed by atoms with van der Waals surface area (Å²) in [4.78, 5) is 0. The van der Waals surface area contributed by atoms with Crippen LogP contribution in [0.25, 0.3) is 0 Å². The van der Waals surface area contributed by atoms with Crippen molar-refractivity contribution in [1.29, 1.82) is 0 Å². The molecule has 1 aliphatic rings. The molecule has 17 heavy (non-hydrogen) atoms. The van der Waals surface area contributed by atoms with Gasteiger partial charge in [-0.2, -0.15) is 18.3 Å².